The van der Waals surface area contributed by atoms with E-state index < -0.39 is 18.8 Å². The molecule has 2 N–H and O–H groups in total. The number of nitriles is 1. The zero-order valence-corrected chi connectivity index (χ0v) is 7.86. The molecule has 1 aromatic rings. The van der Waals surface area contributed by atoms with Gasteiger partial charge >= 0.3 is 6.18 Å². The molecule has 0 bridgehead atoms. The van der Waals surface area contributed by atoms with E-state index in [-0.39, 0.29) is 11.5 Å². The molecular formula is C8H7F3N4O. The number of hydrogen-bond donors (Lipinski definition) is 2. The average molecular weight is 232 g/mol. The quantitative estimate of drug-likeness (QED) is 0.800. The summed E-state index contributed by atoms with van der Waals surface area (Å²) in [5.41, 5.74) is 0.0573. The van der Waals surface area contributed by atoms with Crippen LogP contribution >= 0.6 is 0 Å². The maximum atomic E-state index is 11.9. The monoisotopic (exact) mass is 232 g/mol. The molecule has 0 aliphatic heterocycles. The second-order valence-electron chi connectivity index (χ2n) is 2.84. The molecule has 0 aliphatic rings. The first kappa shape index (κ1) is 12.2. The number of alkyl halides is 3. The van der Waals surface area contributed by atoms with Crippen molar-refractivity contribution in [2.45, 2.75) is 12.3 Å². The number of aliphatic hydroxyl groups is 1. The zero-order chi connectivity index (χ0) is 12.2. The predicted octanol–water partition coefficient (Wildman–Crippen LogP) is 0.683. The van der Waals surface area contributed by atoms with Gasteiger partial charge in [0.15, 0.2) is 11.8 Å². The van der Waals surface area contributed by atoms with Crippen LogP contribution in [-0.2, 0) is 0 Å². The second-order valence-corrected chi connectivity index (χ2v) is 2.84. The molecule has 0 aliphatic carbocycles. The fourth-order valence-electron chi connectivity index (χ4n) is 0.794. The molecule has 1 aromatic heterocycles. The molecule has 0 aromatic carbocycles. The van der Waals surface area contributed by atoms with Gasteiger partial charge in [0.25, 0.3) is 0 Å². The molecule has 0 saturated carbocycles. The molecular weight excluding hydrogens is 225 g/mol. The van der Waals surface area contributed by atoms with Crippen LogP contribution in [0.1, 0.15) is 5.69 Å². The molecule has 0 fully saturated rings. The summed E-state index contributed by atoms with van der Waals surface area (Å²) in [6, 6.07) is 1.71. The van der Waals surface area contributed by atoms with Crippen molar-refractivity contribution < 1.29 is 18.3 Å². The standard InChI is InChI=1S/C8H7F3N4O/c9-8(10,11)6(16)3-15-7-4-13-5(1-12)2-14-7/h2,4,6,16H,3H2,(H,14,15). The number of halogens is 3. The third-order valence-corrected chi connectivity index (χ3v) is 1.62. The molecule has 0 amide bonds. The van der Waals surface area contributed by atoms with Crippen molar-refractivity contribution in [3.63, 3.8) is 0 Å². The Labute approximate surface area is 88.6 Å². The normalized spacial score (nSPS) is 12.9. The zero-order valence-electron chi connectivity index (χ0n) is 7.86. The van der Waals surface area contributed by atoms with Gasteiger partial charge in [-0.05, 0) is 0 Å². The Balaban J connectivity index is 2.53. The van der Waals surface area contributed by atoms with Gasteiger partial charge < -0.3 is 10.4 Å². The third kappa shape index (κ3) is 3.36. The van der Waals surface area contributed by atoms with Gasteiger partial charge in [0, 0.05) is 0 Å². The van der Waals surface area contributed by atoms with Gasteiger partial charge in [-0.1, -0.05) is 0 Å². The molecule has 5 nitrogen and oxygen atoms in total. The lowest BCUT2D eigenvalue weighted by Crippen LogP contribution is -2.35. The van der Waals surface area contributed by atoms with Crippen LogP contribution in [0.15, 0.2) is 12.4 Å². The lowest BCUT2D eigenvalue weighted by atomic mass is 10.3. The molecule has 0 spiro atoms. The first-order valence-corrected chi connectivity index (χ1v) is 4.14. The molecule has 8 heteroatoms. The number of rotatable bonds is 3. The van der Waals surface area contributed by atoms with Gasteiger partial charge in [0.2, 0.25) is 0 Å². The Hall–Kier alpha value is -1.88. The number of aromatic nitrogens is 2. The number of hydrogen-bond acceptors (Lipinski definition) is 5. The van der Waals surface area contributed by atoms with Crippen LogP contribution in [-0.4, -0.2) is 33.9 Å². The SMILES string of the molecule is N#Cc1cnc(NCC(O)C(F)(F)F)cn1. The number of aliphatic hydroxyl groups excluding tert-OH is 1. The van der Waals surface area contributed by atoms with Gasteiger partial charge in [-0.2, -0.15) is 18.4 Å². The molecule has 1 unspecified atom stereocenters. The fourth-order valence-corrected chi connectivity index (χ4v) is 0.794. The van der Waals surface area contributed by atoms with Crippen LogP contribution in [0.4, 0.5) is 19.0 Å². The van der Waals surface area contributed by atoms with Gasteiger partial charge in [0.05, 0.1) is 18.9 Å². The lowest BCUT2D eigenvalue weighted by molar-refractivity contribution is -0.198. The Kier molecular flexibility index (Phi) is 3.63. The largest absolute Gasteiger partial charge is 0.416 e. The summed E-state index contributed by atoms with van der Waals surface area (Å²) >= 11 is 0. The molecule has 0 radical (unpaired) electrons. The summed E-state index contributed by atoms with van der Waals surface area (Å²) in [6.07, 6.45) is -4.92. The van der Waals surface area contributed by atoms with Crippen LogP contribution in [0, 0.1) is 11.3 Å². The summed E-state index contributed by atoms with van der Waals surface area (Å²) < 4.78 is 35.7. The second kappa shape index (κ2) is 4.76. The molecule has 16 heavy (non-hydrogen) atoms. The maximum Gasteiger partial charge on any atom is 0.416 e. The summed E-state index contributed by atoms with van der Waals surface area (Å²) in [5, 5.41) is 19.3. The smallest absolute Gasteiger partial charge is 0.382 e. The van der Waals surface area contributed by atoms with Gasteiger partial charge in [-0.15, -0.1) is 0 Å². The van der Waals surface area contributed by atoms with Crippen molar-refractivity contribution >= 4 is 5.82 Å². The minimum Gasteiger partial charge on any atom is -0.382 e. The maximum absolute atomic E-state index is 11.9. The molecule has 0 saturated heterocycles. The van der Waals surface area contributed by atoms with E-state index in [0.29, 0.717) is 0 Å². The minimum atomic E-state index is -4.67. The van der Waals surface area contributed by atoms with E-state index in [1.165, 1.54) is 0 Å². The van der Waals surface area contributed by atoms with Crippen LogP contribution < -0.4 is 5.32 Å². The first-order valence-electron chi connectivity index (χ1n) is 4.14. The predicted molar refractivity (Wildman–Crippen MR) is 47.3 cm³/mol. The highest BCUT2D eigenvalue weighted by Crippen LogP contribution is 2.19. The van der Waals surface area contributed by atoms with Gasteiger partial charge in [-0.25, -0.2) is 9.97 Å². The summed E-state index contributed by atoms with van der Waals surface area (Å²) in [6.45, 7) is -0.718. The molecule has 1 atom stereocenters. The molecule has 86 valence electrons. The number of anilines is 1. The Bertz CT molecular complexity index is 384. The van der Waals surface area contributed by atoms with Crippen LogP contribution in [0.3, 0.4) is 0 Å². The topological polar surface area (TPSA) is 81.8 Å². The van der Waals surface area contributed by atoms with Crippen molar-refractivity contribution in [1.82, 2.24) is 9.97 Å². The van der Waals surface area contributed by atoms with Gasteiger partial charge in [0.1, 0.15) is 11.9 Å². The van der Waals surface area contributed by atoms with Gasteiger partial charge in [-0.3, -0.25) is 0 Å². The highest BCUT2D eigenvalue weighted by molar-refractivity contribution is 5.33. The van der Waals surface area contributed by atoms with E-state index in [0.717, 1.165) is 12.4 Å². The van der Waals surface area contributed by atoms with Crippen molar-refractivity contribution in [2.24, 2.45) is 0 Å². The Morgan fingerprint density at radius 1 is 1.44 bits per heavy atom. The lowest BCUT2D eigenvalue weighted by Gasteiger charge is -2.14. The first-order chi connectivity index (χ1) is 7.43. The third-order valence-electron chi connectivity index (χ3n) is 1.62. The summed E-state index contributed by atoms with van der Waals surface area (Å²) in [5.74, 6) is 0.0577. The van der Waals surface area contributed by atoms with Crippen molar-refractivity contribution in [1.29, 1.82) is 5.26 Å². The van der Waals surface area contributed by atoms with Crippen LogP contribution in [0.2, 0.25) is 0 Å². The highest BCUT2D eigenvalue weighted by atomic mass is 19.4. The summed E-state index contributed by atoms with van der Waals surface area (Å²) in [4.78, 5) is 7.22. The van der Waals surface area contributed by atoms with E-state index in [2.05, 4.69) is 15.3 Å². The number of nitrogens with one attached hydrogen (secondary N) is 1. The summed E-state index contributed by atoms with van der Waals surface area (Å²) in [7, 11) is 0. The van der Waals surface area contributed by atoms with E-state index >= 15 is 0 Å². The van der Waals surface area contributed by atoms with Crippen LogP contribution in [0.25, 0.3) is 0 Å². The Morgan fingerprint density at radius 3 is 2.56 bits per heavy atom. The Morgan fingerprint density at radius 2 is 2.12 bits per heavy atom. The van der Waals surface area contributed by atoms with Crippen LogP contribution in [0.5, 0.6) is 0 Å². The van der Waals surface area contributed by atoms with Crippen molar-refractivity contribution in [3.05, 3.63) is 18.1 Å². The molecule has 1 rings (SSSR count). The molecule has 1 heterocycles. The van der Waals surface area contributed by atoms with E-state index in [4.69, 9.17) is 10.4 Å². The number of nitrogens with zero attached hydrogens (tertiary/aromatic N) is 3. The van der Waals surface area contributed by atoms with E-state index in [1.807, 2.05) is 0 Å². The highest BCUT2D eigenvalue weighted by Gasteiger charge is 2.37. The average Bonchev–Trinajstić information content (AvgIpc) is 2.25. The van der Waals surface area contributed by atoms with Crippen molar-refractivity contribution in [2.75, 3.05) is 11.9 Å². The van der Waals surface area contributed by atoms with E-state index in [9.17, 15) is 13.2 Å². The van der Waals surface area contributed by atoms with Crippen molar-refractivity contribution in [3.8, 4) is 6.07 Å². The van der Waals surface area contributed by atoms with E-state index in [1.54, 1.807) is 6.07 Å². The minimum absolute atomic E-state index is 0.0573. The fraction of sp³-hybridized carbons (Fsp3) is 0.375.